The van der Waals surface area contributed by atoms with Crippen LogP contribution in [0.25, 0.3) is 55.0 Å². The minimum Gasteiger partial charge on any atom is -0.337 e. The van der Waals surface area contributed by atoms with Crippen LogP contribution in [0.3, 0.4) is 0 Å². The normalized spacial score (nSPS) is 11.6. The van der Waals surface area contributed by atoms with Crippen LogP contribution in [0.15, 0.2) is 176 Å². The van der Waals surface area contributed by atoms with Gasteiger partial charge in [0.25, 0.3) is 0 Å². The molecular formula is C43H31N3. The molecular weight excluding hydrogens is 558 g/mol. The zero-order chi connectivity index (χ0) is 30.5. The summed E-state index contributed by atoms with van der Waals surface area (Å²) in [6.07, 6.45) is 0. The highest BCUT2D eigenvalue weighted by atomic mass is 15.1. The molecule has 9 rings (SSSR count). The SMILES string of the molecule is c1ccc(CN(c2ccc3c(c2)c2ccccc2n3-c2ccccc2)c2ccc3c(c2)c2ccccc2n3-c2ccccc2)cc1. The van der Waals surface area contributed by atoms with Gasteiger partial charge in [0.15, 0.2) is 0 Å². The third-order valence-electron chi connectivity index (χ3n) is 9.15. The second-order valence-electron chi connectivity index (χ2n) is 11.9. The molecule has 0 spiro atoms. The van der Waals surface area contributed by atoms with Crippen LogP contribution in [0.5, 0.6) is 0 Å². The number of benzene rings is 7. The summed E-state index contributed by atoms with van der Waals surface area (Å²) in [5.41, 5.74) is 10.8. The van der Waals surface area contributed by atoms with Crippen molar-refractivity contribution in [2.45, 2.75) is 6.54 Å². The predicted octanol–water partition coefficient (Wildman–Crippen LogP) is 11.2. The molecule has 2 heterocycles. The standard InChI is InChI=1S/C43H31N3/c1-4-14-31(15-5-1)30-44(34-24-26-42-38(28-34)36-20-10-12-22-40(36)45(42)32-16-6-2-7-17-32)35-25-27-43-39(29-35)37-21-11-13-23-41(37)46(43)33-18-8-3-9-19-33/h1-29H,30H2. The van der Waals surface area contributed by atoms with E-state index in [0.717, 1.165) is 6.54 Å². The molecule has 0 radical (unpaired) electrons. The van der Waals surface area contributed by atoms with Gasteiger partial charge < -0.3 is 14.0 Å². The molecule has 0 aliphatic carbocycles. The average Bonchev–Trinajstić information content (AvgIpc) is 3.64. The molecule has 0 saturated heterocycles. The highest BCUT2D eigenvalue weighted by Crippen LogP contribution is 2.39. The van der Waals surface area contributed by atoms with Gasteiger partial charge in [0.05, 0.1) is 22.1 Å². The Morgan fingerprint density at radius 3 is 1.22 bits per heavy atom. The van der Waals surface area contributed by atoms with Crippen LogP contribution in [-0.4, -0.2) is 9.13 Å². The number of aromatic nitrogens is 2. The van der Waals surface area contributed by atoms with Gasteiger partial charge in [-0.3, -0.25) is 0 Å². The molecule has 0 aliphatic rings. The summed E-state index contributed by atoms with van der Waals surface area (Å²) in [4.78, 5) is 2.46. The topological polar surface area (TPSA) is 13.1 Å². The summed E-state index contributed by atoms with van der Waals surface area (Å²) < 4.78 is 4.75. The molecule has 0 fully saturated rings. The summed E-state index contributed by atoms with van der Waals surface area (Å²) in [6.45, 7) is 0.756. The highest BCUT2D eigenvalue weighted by Gasteiger charge is 2.18. The number of nitrogens with zero attached hydrogens (tertiary/aromatic N) is 3. The van der Waals surface area contributed by atoms with Crippen molar-refractivity contribution in [2.75, 3.05) is 4.90 Å². The van der Waals surface area contributed by atoms with Gasteiger partial charge in [0.2, 0.25) is 0 Å². The molecule has 3 heteroatoms. The molecule has 0 bridgehead atoms. The van der Waals surface area contributed by atoms with Gasteiger partial charge in [-0.1, -0.05) is 103 Å². The number of hydrogen-bond donors (Lipinski definition) is 0. The maximum Gasteiger partial charge on any atom is 0.0542 e. The van der Waals surface area contributed by atoms with E-state index in [9.17, 15) is 0 Å². The van der Waals surface area contributed by atoms with E-state index in [1.165, 1.54) is 71.9 Å². The molecule has 0 saturated carbocycles. The number of rotatable bonds is 6. The van der Waals surface area contributed by atoms with Crippen molar-refractivity contribution in [3.05, 3.63) is 181 Å². The molecule has 7 aromatic carbocycles. The van der Waals surface area contributed by atoms with Gasteiger partial charge in [-0.25, -0.2) is 0 Å². The number of para-hydroxylation sites is 4. The number of fused-ring (bicyclic) bond motifs is 6. The third kappa shape index (κ3) is 4.28. The maximum atomic E-state index is 2.46. The van der Waals surface area contributed by atoms with E-state index in [1.54, 1.807) is 0 Å². The molecule has 0 aliphatic heterocycles. The first-order chi connectivity index (χ1) is 22.8. The molecule has 0 atom stereocenters. The number of anilines is 2. The monoisotopic (exact) mass is 589 g/mol. The van der Waals surface area contributed by atoms with Crippen LogP contribution in [0.4, 0.5) is 11.4 Å². The molecule has 0 amide bonds. The largest absolute Gasteiger partial charge is 0.337 e. The highest BCUT2D eigenvalue weighted by molar-refractivity contribution is 6.12. The Labute approximate surface area is 267 Å². The predicted molar refractivity (Wildman–Crippen MR) is 194 cm³/mol. The van der Waals surface area contributed by atoms with E-state index in [4.69, 9.17) is 0 Å². The minimum atomic E-state index is 0.756. The first kappa shape index (κ1) is 26.4. The summed E-state index contributed by atoms with van der Waals surface area (Å²) in [7, 11) is 0. The smallest absolute Gasteiger partial charge is 0.0542 e. The Morgan fingerprint density at radius 2 is 0.739 bits per heavy atom. The lowest BCUT2D eigenvalue weighted by Crippen LogP contribution is -2.16. The van der Waals surface area contributed by atoms with Crippen molar-refractivity contribution < 1.29 is 0 Å². The summed E-state index contributed by atoms with van der Waals surface area (Å²) >= 11 is 0. The van der Waals surface area contributed by atoms with E-state index in [2.05, 4.69) is 190 Å². The first-order valence-electron chi connectivity index (χ1n) is 15.8. The second-order valence-corrected chi connectivity index (χ2v) is 11.9. The van der Waals surface area contributed by atoms with Crippen molar-refractivity contribution in [1.82, 2.24) is 9.13 Å². The molecule has 46 heavy (non-hydrogen) atoms. The Bertz CT molecular complexity index is 2330. The quantitative estimate of drug-likeness (QED) is 0.188. The summed E-state index contributed by atoms with van der Waals surface area (Å²) in [5, 5.41) is 5.00. The van der Waals surface area contributed by atoms with Crippen LogP contribution in [-0.2, 0) is 6.54 Å². The van der Waals surface area contributed by atoms with Gasteiger partial charge in [-0.15, -0.1) is 0 Å². The fraction of sp³-hybridized carbons (Fsp3) is 0.0233. The van der Waals surface area contributed by atoms with Gasteiger partial charge in [-0.2, -0.15) is 0 Å². The minimum absolute atomic E-state index is 0.756. The van der Waals surface area contributed by atoms with Gasteiger partial charge in [-0.05, 0) is 78.4 Å². The van der Waals surface area contributed by atoms with Gasteiger partial charge >= 0.3 is 0 Å². The van der Waals surface area contributed by atoms with Crippen LogP contribution >= 0.6 is 0 Å². The van der Waals surface area contributed by atoms with Crippen LogP contribution in [0, 0.1) is 0 Å². The van der Waals surface area contributed by atoms with Gasteiger partial charge in [0.1, 0.15) is 0 Å². The lowest BCUT2D eigenvalue weighted by molar-refractivity contribution is 0.977. The fourth-order valence-corrected chi connectivity index (χ4v) is 7.07. The Hall–Kier alpha value is -6.06. The zero-order valence-corrected chi connectivity index (χ0v) is 25.3. The first-order valence-corrected chi connectivity index (χ1v) is 15.8. The lowest BCUT2D eigenvalue weighted by atomic mass is 10.1. The molecule has 218 valence electrons. The molecule has 0 unspecified atom stereocenters. The van der Waals surface area contributed by atoms with E-state index in [-0.39, 0.29) is 0 Å². The number of hydrogen-bond acceptors (Lipinski definition) is 1. The van der Waals surface area contributed by atoms with Gasteiger partial charge in [0, 0.05) is 50.8 Å². The second kappa shape index (κ2) is 10.8. The molecule has 9 aromatic rings. The maximum absolute atomic E-state index is 2.46. The van der Waals surface area contributed by atoms with E-state index >= 15 is 0 Å². The van der Waals surface area contributed by atoms with Crippen LogP contribution in [0.2, 0.25) is 0 Å². The third-order valence-corrected chi connectivity index (χ3v) is 9.15. The van der Waals surface area contributed by atoms with E-state index in [0.29, 0.717) is 0 Å². The summed E-state index contributed by atoms with van der Waals surface area (Å²) in [6, 6.07) is 63.4. The van der Waals surface area contributed by atoms with Crippen molar-refractivity contribution in [2.24, 2.45) is 0 Å². The fourth-order valence-electron chi connectivity index (χ4n) is 7.07. The molecule has 2 aromatic heterocycles. The zero-order valence-electron chi connectivity index (χ0n) is 25.3. The van der Waals surface area contributed by atoms with E-state index < -0.39 is 0 Å². The Balaban J connectivity index is 1.26. The van der Waals surface area contributed by atoms with Crippen LogP contribution < -0.4 is 4.90 Å². The summed E-state index contributed by atoms with van der Waals surface area (Å²) in [5.74, 6) is 0. The Kier molecular flexibility index (Phi) is 6.20. The van der Waals surface area contributed by atoms with Crippen molar-refractivity contribution in [1.29, 1.82) is 0 Å². The lowest BCUT2D eigenvalue weighted by Gasteiger charge is -2.26. The van der Waals surface area contributed by atoms with Crippen LogP contribution in [0.1, 0.15) is 5.56 Å². The van der Waals surface area contributed by atoms with Crippen molar-refractivity contribution >= 4 is 55.0 Å². The molecule has 3 nitrogen and oxygen atoms in total. The van der Waals surface area contributed by atoms with E-state index in [1.807, 2.05) is 0 Å². The molecule has 0 N–H and O–H groups in total. The average molecular weight is 590 g/mol. The van der Waals surface area contributed by atoms with Crippen molar-refractivity contribution in [3.63, 3.8) is 0 Å². The van der Waals surface area contributed by atoms with Crippen molar-refractivity contribution in [3.8, 4) is 11.4 Å². The Morgan fingerprint density at radius 1 is 0.348 bits per heavy atom.